The first-order valence-electron chi connectivity index (χ1n) is 6.34. The first-order chi connectivity index (χ1) is 9.93. The molecule has 114 valence electrons. The van der Waals surface area contributed by atoms with Gasteiger partial charge in [0.2, 0.25) is 20.9 Å². The van der Waals surface area contributed by atoms with E-state index in [9.17, 15) is 13.2 Å². The van der Waals surface area contributed by atoms with Crippen LogP contribution >= 0.6 is 0 Å². The van der Waals surface area contributed by atoms with Crippen LogP contribution in [0.5, 0.6) is 0 Å². The summed E-state index contributed by atoms with van der Waals surface area (Å²) in [5.74, 6) is -0.292. The average Bonchev–Trinajstić information content (AvgIpc) is 2.78. The summed E-state index contributed by atoms with van der Waals surface area (Å²) in [6.45, 7) is 0.665. The molecule has 0 atom stereocenters. The molecule has 0 aliphatic rings. The molecule has 1 N–H and O–H groups in total. The summed E-state index contributed by atoms with van der Waals surface area (Å²) < 4.78 is 29.9. The minimum absolute atomic E-state index is 0.105. The van der Waals surface area contributed by atoms with Crippen molar-refractivity contribution in [1.82, 2.24) is 14.9 Å². The maximum Gasteiger partial charge on any atom is 0.240 e. The fourth-order valence-electron chi connectivity index (χ4n) is 1.98. The lowest BCUT2D eigenvalue weighted by Crippen LogP contribution is -2.31. The number of amides is 1. The second kappa shape index (κ2) is 6.23. The molecule has 0 unspecified atom stereocenters. The Labute approximate surface area is 122 Å². The zero-order valence-corrected chi connectivity index (χ0v) is 12.7. The summed E-state index contributed by atoms with van der Waals surface area (Å²) in [5.41, 5.74) is 1.16. The Hall–Kier alpha value is -1.93. The quantitative estimate of drug-likeness (QED) is 0.770. The highest BCUT2D eigenvalue weighted by atomic mass is 32.2. The molecule has 1 aromatic heterocycles. The van der Waals surface area contributed by atoms with E-state index in [4.69, 9.17) is 4.74 Å². The van der Waals surface area contributed by atoms with Gasteiger partial charge in [-0.25, -0.2) is 13.4 Å². The summed E-state index contributed by atoms with van der Waals surface area (Å²) in [7, 11) is -1.98. The van der Waals surface area contributed by atoms with Gasteiger partial charge in [-0.1, -0.05) is 12.1 Å². The van der Waals surface area contributed by atoms with E-state index >= 15 is 0 Å². The van der Waals surface area contributed by atoms with E-state index in [0.717, 1.165) is 6.26 Å². The van der Waals surface area contributed by atoms with Crippen LogP contribution in [0.2, 0.25) is 0 Å². The van der Waals surface area contributed by atoms with Crippen molar-refractivity contribution in [2.24, 2.45) is 0 Å². The van der Waals surface area contributed by atoms with Gasteiger partial charge in [0, 0.05) is 19.9 Å². The summed E-state index contributed by atoms with van der Waals surface area (Å²) in [6, 6.07) is 6.99. The number of para-hydroxylation sites is 2. The van der Waals surface area contributed by atoms with E-state index in [1.165, 1.54) is 11.7 Å². The van der Waals surface area contributed by atoms with Crippen molar-refractivity contribution in [1.29, 1.82) is 0 Å². The Morgan fingerprint density at radius 2 is 2.10 bits per heavy atom. The normalized spacial score (nSPS) is 11.7. The molecular formula is C13H17N3O4S. The Morgan fingerprint density at radius 1 is 1.38 bits per heavy atom. The highest BCUT2D eigenvalue weighted by molar-refractivity contribution is 7.90. The number of hydrogen-bond donors (Lipinski definition) is 1. The number of fused-ring (bicyclic) bond motifs is 1. The lowest BCUT2D eigenvalue weighted by molar-refractivity contribution is -0.121. The molecule has 1 heterocycles. The number of methoxy groups -OCH3 is 1. The number of aromatic nitrogens is 2. The number of carbonyl (C=O) groups is 1. The van der Waals surface area contributed by atoms with Crippen molar-refractivity contribution >= 4 is 26.8 Å². The molecule has 0 aliphatic carbocycles. The van der Waals surface area contributed by atoms with E-state index in [0.29, 0.717) is 24.2 Å². The fraction of sp³-hybridized carbons (Fsp3) is 0.385. The van der Waals surface area contributed by atoms with Gasteiger partial charge >= 0.3 is 0 Å². The van der Waals surface area contributed by atoms with E-state index in [1.54, 1.807) is 24.3 Å². The Bertz CT molecular complexity index is 752. The van der Waals surface area contributed by atoms with Crippen molar-refractivity contribution in [3.8, 4) is 0 Å². The van der Waals surface area contributed by atoms with Crippen LogP contribution in [0.3, 0.4) is 0 Å². The maximum absolute atomic E-state index is 11.9. The third-order valence-corrected chi connectivity index (χ3v) is 3.86. The van der Waals surface area contributed by atoms with Crippen LogP contribution in [0.1, 0.15) is 0 Å². The standard InChI is InChI=1S/C13H17N3O4S/c1-20-8-7-14-12(17)9-16-11-6-4-3-5-10(11)15-13(16)21(2,18)19/h3-6H,7-9H2,1-2H3,(H,14,17). The SMILES string of the molecule is COCCNC(=O)Cn1c(S(C)(=O)=O)nc2ccccc21. The van der Waals surface area contributed by atoms with Gasteiger partial charge in [-0.2, -0.15) is 0 Å². The topological polar surface area (TPSA) is 90.3 Å². The van der Waals surface area contributed by atoms with Gasteiger partial charge in [0.1, 0.15) is 6.54 Å². The number of sulfone groups is 1. The van der Waals surface area contributed by atoms with E-state index < -0.39 is 9.84 Å². The Balaban J connectivity index is 2.35. The third kappa shape index (κ3) is 3.59. The predicted molar refractivity (Wildman–Crippen MR) is 77.7 cm³/mol. The van der Waals surface area contributed by atoms with Gasteiger partial charge in [0.15, 0.2) is 0 Å². The summed E-state index contributed by atoms with van der Waals surface area (Å²) in [4.78, 5) is 16.0. The molecule has 0 spiro atoms. The zero-order valence-electron chi connectivity index (χ0n) is 11.9. The zero-order chi connectivity index (χ0) is 15.5. The van der Waals surface area contributed by atoms with Crippen molar-refractivity contribution in [2.75, 3.05) is 26.5 Å². The molecule has 1 amide bonds. The highest BCUT2D eigenvalue weighted by Crippen LogP contribution is 2.19. The molecule has 0 saturated carbocycles. The number of ether oxygens (including phenoxy) is 1. The molecule has 1 aromatic carbocycles. The van der Waals surface area contributed by atoms with Gasteiger partial charge in [-0.15, -0.1) is 0 Å². The van der Waals surface area contributed by atoms with Crippen molar-refractivity contribution in [3.05, 3.63) is 24.3 Å². The monoisotopic (exact) mass is 311 g/mol. The van der Waals surface area contributed by atoms with Crippen LogP contribution in [0, 0.1) is 0 Å². The molecule has 2 aromatic rings. The highest BCUT2D eigenvalue weighted by Gasteiger charge is 2.20. The summed E-state index contributed by atoms with van der Waals surface area (Å²) >= 11 is 0. The summed E-state index contributed by atoms with van der Waals surface area (Å²) in [6.07, 6.45) is 1.08. The molecular weight excluding hydrogens is 294 g/mol. The van der Waals surface area contributed by atoms with Crippen molar-refractivity contribution in [3.63, 3.8) is 0 Å². The number of hydrogen-bond acceptors (Lipinski definition) is 5. The molecule has 2 rings (SSSR count). The van der Waals surface area contributed by atoms with Crippen LogP contribution in [0.15, 0.2) is 29.4 Å². The average molecular weight is 311 g/mol. The number of nitrogens with one attached hydrogen (secondary N) is 1. The smallest absolute Gasteiger partial charge is 0.240 e. The van der Waals surface area contributed by atoms with E-state index in [1.807, 2.05) is 0 Å². The molecule has 0 aliphatic heterocycles. The molecule has 0 radical (unpaired) electrons. The number of carbonyl (C=O) groups excluding carboxylic acids is 1. The van der Waals surface area contributed by atoms with E-state index in [-0.39, 0.29) is 17.6 Å². The second-order valence-electron chi connectivity index (χ2n) is 4.58. The van der Waals surface area contributed by atoms with Crippen LogP contribution in [0.25, 0.3) is 11.0 Å². The molecule has 21 heavy (non-hydrogen) atoms. The van der Waals surface area contributed by atoms with Crippen LogP contribution in [0.4, 0.5) is 0 Å². The third-order valence-electron chi connectivity index (χ3n) is 2.88. The number of nitrogens with zero attached hydrogens (tertiary/aromatic N) is 2. The molecule has 7 nitrogen and oxygen atoms in total. The van der Waals surface area contributed by atoms with Crippen LogP contribution < -0.4 is 5.32 Å². The first-order valence-corrected chi connectivity index (χ1v) is 8.23. The van der Waals surface area contributed by atoms with Crippen molar-refractivity contribution in [2.45, 2.75) is 11.7 Å². The second-order valence-corrected chi connectivity index (χ2v) is 6.49. The minimum atomic E-state index is -3.52. The lowest BCUT2D eigenvalue weighted by Gasteiger charge is -2.08. The molecule has 0 saturated heterocycles. The summed E-state index contributed by atoms with van der Waals surface area (Å²) in [5, 5.41) is 2.55. The number of imidazole rings is 1. The van der Waals surface area contributed by atoms with Gasteiger partial charge in [0.05, 0.1) is 17.6 Å². The van der Waals surface area contributed by atoms with Gasteiger partial charge in [-0.05, 0) is 12.1 Å². The number of rotatable bonds is 6. The lowest BCUT2D eigenvalue weighted by atomic mass is 10.3. The predicted octanol–water partition coefficient (Wildman–Crippen LogP) is 0.202. The fourth-order valence-corrected chi connectivity index (χ4v) is 2.81. The maximum atomic E-state index is 11.9. The first kappa shape index (κ1) is 15.5. The molecule has 8 heteroatoms. The Kier molecular flexibility index (Phi) is 4.59. The largest absolute Gasteiger partial charge is 0.383 e. The van der Waals surface area contributed by atoms with Crippen LogP contribution in [-0.2, 0) is 25.9 Å². The van der Waals surface area contributed by atoms with Gasteiger partial charge in [-0.3, -0.25) is 4.79 Å². The van der Waals surface area contributed by atoms with Gasteiger partial charge in [0.25, 0.3) is 0 Å². The minimum Gasteiger partial charge on any atom is -0.383 e. The van der Waals surface area contributed by atoms with Gasteiger partial charge < -0.3 is 14.6 Å². The molecule has 0 bridgehead atoms. The van der Waals surface area contributed by atoms with Crippen molar-refractivity contribution < 1.29 is 17.9 Å². The molecule has 0 fully saturated rings. The Morgan fingerprint density at radius 3 is 2.76 bits per heavy atom. The van der Waals surface area contributed by atoms with Crippen LogP contribution in [-0.4, -0.2) is 50.4 Å². The number of benzene rings is 1. The van der Waals surface area contributed by atoms with E-state index in [2.05, 4.69) is 10.3 Å².